The van der Waals surface area contributed by atoms with E-state index in [0.29, 0.717) is 17.5 Å². The lowest BCUT2D eigenvalue weighted by molar-refractivity contribution is 0.526. The molecule has 0 aliphatic rings. The standard InChI is InChI=1S/C15H15BrF2N2/c1-9-6-10(2-4-13(9)17)15(20-19)8-11-7-12(16)3-5-14(11)18/h2-7,15,20H,8,19H2,1H3. The summed E-state index contributed by atoms with van der Waals surface area (Å²) in [6.45, 7) is 1.69. The summed E-state index contributed by atoms with van der Waals surface area (Å²) in [4.78, 5) is 0. The predicted octanol–water partition coefficient (Wildman–Crippen LogP) is 3.78. The molecule has 2 aromatic rings. The van der Waals surface area contributed by atoms with Gasteiger partial charge >= 0.3 is 0 Å². The van der Waals surface area contributed by atoms with Crippen LogP contribution in [0.25, 0.3) is 0 Å². The SMILES string of the molecule is Cc1cc(C(Cc2cc(Br)ccc2F)NN)ccc1F. The van der Waals surface area contributed by atoms with E-state index in [2.05, 4.69) is 21.4 Å². The molecule has 0 radical (unpaired) electrons. The minimum atomic E-state index is -0.285. The molecule has 106 valence electrons. The van der Waals surface area contributed by atoms with E-state index in [1.165, 1.54) is 12.1 Å². The Hall–Kier alpha value is -1.30. The van der Waals surface area contributed by atoms with Gasteiger partial charge in [-0.2, -0.15) is 0 Å². The van der Waals surface area contributed by atoms with Gasteiger partial charge in [0.15, 0.2) is 0 Å². The number of nitrogens with one attached hydrogen (secondary N) is 1. The third-order valence-corrected chi connectivity index (χ3v) is 3.71. The number of halogens is 3. The Labute approximate surface area is 125 Å². The summed E-state index contributed by atoms with van der Waals surface area (Å²) in [5.41, 5.74) is 4.57. The molecule has 2 aromatic carbocycles. The molecule has 0 aromatic heterocycles. The molecule has 2 rings (SSSR count). The highest BCUT2D eigenvalue weighted by Crippen LogP contribution is 2.23. The van der Waals surface area contributed by atoms with Gasteiger partial charge in [-0.1, -0.05) is 28.1 Å². The first-order chi connectivity index (χ1) is 9.51. The molecule has 0 amide bonds. The molecular formula is C15H15BrF2N2. The quantitative estimate of drug-likeness (QED) is 0.656. The normalized spacial score (nSPS) is 12.4. The number of rotatable bonds is 4. The van der Waals surface area contributed by atoms with Crippen molar-refractivity contribution in [2.24, 2.45) is 5.84 Å². The minimum absolute atomic E-state index is 0.266. The summed E-state index contributed by atoms with van der Waals surface area (Å²) in [6.07, 6.45) is 0.382. The lowest BCUT2D eigenvalue weighted by Gasteiger charge is -2.17. The molecule has 0 aliphatic heterocycles. The van der Waals surface area contributed by atoms with Crippen molar-refractivity contribution in [2.75, 3.05) is 0 Å². The Bertz CT molecular complexity index is 617. The van der Waals surface area contributed by atoms with E-state index in [1.54, 1.807) is 31.2 Å². The van der Waals surface area contributed by atoms with Gasteiger partial charge in [0, 0.05) is 4.47 Å². The molecule has 1 unspecified atom stereocenters. The second-order valence-corrected chi connectivity index (χ2v) is 5.58. The van der Waals surface area contributed by atoms with E-state index in [4.69, 9.17) is 5.84 Å². The Morgan fingerprint density at radius 3 is 2.50 bits per heavy atom. The highest BCUT2D eigenvalue weighted by atomic mass is 79.9. The Morgan fingerprint density at radius 2 is 1.85 bits per heavy atom. The lowest BCUT2D eigenvalue weighted by Crippen LogP contribution is -2.30. The van der Waals surface area contributed by atoms with Gasteiger partial charge in [0.25, 0.3) is 0 Å². The fourth-order valence-corrected chi connectivity index (χ4v) is 2.49. The van der Waals surface area contributed by atoms with Gasteiger partial charge in [0.05, 0.1) is 6.04 Å². The number of nitrogens with two attached hydrogens (primary N) is 1. The maximum absolute atomic E-state index is 13.8. The second kappa shape index (κ2) is 6.43. The molecule has 0 aliphatic carbocycles. The average Bonchev–Trinajstić information content (AvgIpc) is 2.43. The fourth-order valence-electron chi connectivity index (χ4n) is 2.08. The summed E-state index contributed by atoms with van der Waals surface area (Å²) >= 11 is 3.32. The van der Waals surface area contributed by atoms with Crippen LogP contribution >= 0.6 is 15.9 Å². The number of aryl methyl sites for hydroxylation is 1. The highest BCUT2D eigenvalue weighted by Gasteiger charge is 2.14. The van der Waals surface area contributed by atoms with Crippen molar-refractivity contribution in [2.45, 2.75) is 19.4 Å². The molecule has 0 heterocycles. The Balaban J connectivity index is 2.28. The van der Waals surface area contributed by atoms with Crippen molar-refractivity contribution >= 4 is 15.9 Å². The zero-order chi connectivity index (χ0) is 14.7. The maximum atomic E-state index is 13.8. The van der Waals surface area contributed by atoms with Gasteiger partial charge < -0.3 is 0 Å². The van der Waals surface area contributed by atoms with Crippen LogP contribution in [0.15, 0.2) is 40.9 Å². The van der Waals surface area contributed by atoms with Gasteiger partial charge in [0.1, 0.15) is 11.6 Å². The van der Waals surface area contributed by atoms with Crippen LogP contribution in [-0.4, -0.2) is 0 Å². The fraction of sp³-hybridized carbons (Fsp3) is 0.200. The number of benzene rings is 2. The predicted molar refractivity (Wildman–Crippen MR) is 79.0 cm³/mol. The van der Waals surface area contributed by atoms with Crippen LogP contribution in [-0.2, 0) is 6.42 Å². The molecule has 0 bridgehead atoms. The van der Waals surface area contributed by atoms with Crippen LogP contribution < -0.4 is 11.3 Å². The summed E-state index contributed by atoms with van der Waals surface area (Å²) in [7, 11) is 0. The molecule has 1 atom stereocenters. The molecule has 0 saturated heterocycles. The van der Waals surface area contributed by atoms with Crippen molar-refractivity contribution in [3.63, 3.8) is 0 Å². The van der Waals surface area contributed by atoms with Crippen LogP contribution in [0.4, 0.5) is 8.78 Å². The van der Waals surface area contributed by atoms with Gasteiger partial charge in [-0.3, -0.25) is 11.3 Å². The third kappa shape index (κ3) is 3.42. The van der Waals surface area contributed by atoms with Gasteiger partial charge in [-0.25, -0.2) is 8.78 Å². The molecule has 20 heavy (non-hydrogen) atoms. The van der Waals surface area contributed by atoms with Crippen LogP contribution in [0.5, 0.6) is 0 Å². The summed E-state index contributed by atoms with van der Waals surface area (Å²) in [5, 5.41) is 0. The Morgan fingerprint density at radius 1 is 1.15 bits per heavy atom. The molecule has 2 nitrogen and oxygen atoms in total. The zero-order valence-electron chi connectivity index (χ0n) is 11.0. The van der Waals surface area contributed by atoms with E-state index in [0.717, 1.165) is 10.0 Å². The smallest absolute Gasteiger partial charge is 0.126 e. The van der Waals surface area contributed by atoms with E-state index >= 15 is 0 Å². The lowest BCUT2D eigenvalue weighted by atomic mass is 9.97. The van der Waals surface area contributed by atoms with Crippen molar-refractivity contribution < 1.29 is 8.78 Å². The van der Waals surface area contributed by atoms with E-state index < -0.39 is 0 Å². The van der Waals surface area contributed by atoms with Crippen molar-refractivity contribution in [3.8, 4) is 0 Å². The molecule has 0 saturated carbocycles. The van der Waals surface area contributed by atoms with E-state index in [-0.39, 0.29) is 17.7 Å². The molecule has 3 N–H and O–H groups in total. The highest BCUT2D eigenvalue weighted by molar-refractivity contribution is 9.10. The van der Waals surface area contributed by atoms with Crippen LogP contribution in [0, 0.1) is 18.6 Å². The van der Waals surface area contributed by atoms with Crippen molar-refractivity contribution in [1.29, 1.82) is 0 Å². The van der Waals surface area contributed by atoms with Crippen LogP contribution in [0.1, 0.15) is 22.7 Å². The number of hydrogen-bond donors (Lipinski definition) is 2. The van der Waals surface area contributed by atoms with Gasteiger partial charge in [-0.15, -0.1) is 0 Å². The van der Waals surface area contributed by atoms with Crippen molar-refractivity contribution in [3.05, 3.63) is 69.2 Å². The summed E-state index contributed by atoms with van der Waals surface area (Å²) < 4.78 is 27.9. The molecule has 0 fully saturated rings. The summed E-state index contributed by atoms with van der Waals surface area (Å²) in [5.74, 6) is 5.00. The first kappa shape index (κ1) is 15.1. The maximum Gasteiger partial charge on any atom is 0.126 e. The third-order valence-electron chi connectivity index (χ3n) is 3.22. The monoisotopic (exact) mass is 340 g/mol. The Kier molecular flexibility index (Phi) is 4.86. The molecule has 5 heteroatoms. The van der Waals surface area contributed by atoms with Gasteiger partial charge in [-0.05, 0) is 54.3 Å². The average molecular weight is 341 g/mol. The van der Waals surface area contributed by atoms with E-state index in [9.17, 15) is 8.78 Å². The zero-order valence-corrected chi connectivity index (χ0v) is 12.5. The first-order valence-corrected chi connectivity index (χ1v) is 6.96. The van der Waals surface area contributed by atoms with Crippen molar-refractivity contribution in [1.82, 2.24) is 5.43 Å². The largest absolute Gasteiger partial charge is 0.271 e. The van der Waals surface area contributed by atoms with E-state index in [1.807, 2.05) is 0 Å². The van der Waals surface area contributed by atoms with Crippen LogP contribution in [0.2, 0.25) is 0 Å². The second-order valence-electron chi connectivity index (χ2n) is 4.67. The number of hydrazine groups is 1. The topological polar surface area (TPSA) is 38.0 Å². The first-order valence-electron chi connectivity index (χ1n) is 6.17. The van der Waals surface area contributed by atoms with Crippen LogP contribution in [0.3, 0.4) is 0 Å². The van der Waals surface area contributed by atoms with Gasteiger partial charge in [0.2, 0.25) is 0 Å². The molecule has 0 spiro atoms. The number of hydrogen-bond acceptors (Lipinski definition) is 2. The minimum Gasteiger partial charge on any atom is -0.271 e. The summed E-state index contributed by atoms with van der Waals surface area (Å²) in [6, 6.07) is 9.26. The molecular weight excluding hydrogens is 326 g/mol.